The van der Waals surface area contributed by atoms with Crippen molar-refractivity contribution >= 4 is 17.5 Å². The molecule has 0 spiro atoms. The van der Waals surface area contributed by atoms with Crippen LogP contribution in [0, 0.1) is 5.82 Å². The molecule has 3 aromatic rings. The number of carbonyl (C=O) groups is 1. The zero-order valence-corrected chi connectivity index (χ0v) is 16.7. The van der Waals surface area contributed by atoms with Crippen LogP contribution in [0.25, 0.3) is 5.69 Å². The smallest absolute Gasteiger partial charge is 0.333 e. The van der Waals surface area contributed by atoms with E-state index in [9.17, 15) is 18.8 Å². The number of halogens is 1. The lowest BCUT2D eigenvalue weighted by atomic mass is 10.2. The van der Waals surface area contributed by atoms with Crippen LogP contribution < -0.4 is 21.5 Å². The Morgan fingerprint density at radius 3 is 2.52 bits per heavy atom. The predicted octanol–water partition coefficient (Wildman–Crippen LogP) is 0.459. The van der Waals surface area contributed by atoms with Gasteiger partial charge in [0.15, 0.2) is 0 Å². The molecule has 3 heterocycles. The van der Waals surface area contributed by atoms with Gasteiger partial charge in [-0.1, -0.05) is 0 Å². The number of aromatic amines is 1. The van der Waals surface area contributed by atoms with Crippen molar-refractivity contribution in [2.24, 2.45) is 0 Å². The third kappa shape index (κ3) is 4.36. The molecule has 0 aliphatic carbocycles. The summed E-state index contributed by atoms with van der Waals surface area (Å²) in [4.78, 5) is 52.6. The lowest BCUT2D eigenvalue weighted by molar-refractivity contribution is 0.102. The van der Waals surface area contributed by atoms with E-state index in [1.54, 1.807) is 6.07 Å². The normalized spacial score (nSPS) is 14.5. The fraction of sp³-hybridized carbons (Fsp3) is 0.250. The summed E-state index contributed by atoms with van der Waals surface area (Å²) in [5.74, 6) is -0.348. The van der Waals surface area contributed by atoms with E-state index in [0.717, 1.165) is 49.1 Å². The molecule has 1 aliphatic rings. The standard InChI is InChI=1S/C20H20FN7O3/c1-26-6-8-27(9-7-26)17-10-16(23-12-24-17)25-18(29)15-11-22-20(31)28(19(15)30)14-4-2-13(21)3-5-14/h2-5,10-12H,6-9H2,1H3,(H,22,31)(H,23,24,25,29). The van der Waals surface area contributed by atoms with E-state index in [2.05, 4.69) is 30.1 Å². The highest BCUT2D eigenvalue weighted by Crippen LogP contribution is 2.16. The van der Waals surface area contributed by atoms with E-state index in [-0.39, 0.29) is 17.1 Å². The Kier molecular flexibility index (Phi) is 5.58. The second-order valence-corrected chi connectivity index (χ2v) is 7.13. The number of H-pyrrole nitrogens is 1. The highest BCUT2D eigenvalue weighted by atomic mass is 19.1. The molecule has 2 aromatic heterocycles. The van der Waals surface area contributed by atoms with E-state index < -0.39 is 23.0 Å². The molecule has 0 radical (unpaired) electrons. The van der Waals surface area contributed by atoms with Gasteiger partial charge in [0.25, 0.3) is 11.5 Å². The number of nitrogens with zero attached hydrogens (tertiary/aromatic N) is 5. The maximum Gasteiger partial charge on any atom is 0.333 e. The van der Waals surface area contributed by atoms with E-state index in [4.69, 9.17) is 0 Å². The molecule has 1 aliphatic heterocycles. The molecule has 0 atom stereocenters. The number of hydrogen-bond acceptors (Lipinski definition) is 7. The van der Waals surface area contributed by atoms with Gasteiger partial charge >= 0.3 is 5.69 Å². The zero-order valence-electron chi connectivity index (χ0n) is 16.7. The number of nitrogens with one attached hydrogen (secondary N) is 2. The number of anilines is 2. The van der Waals surface area contributed by atoms with E-state index in [1.165, 1.54) is 18.5 Å². The topological polar surface area (TPSA) is 116 Å². The summed E-state index contributed by atoms with van der Waals surface area (Å²) in [6.07, 6.45) is 2.38. The summed E-state index contributed by atoms with van der Waals surface area (Å²) in [7, 11) is 2.05. The number of piperazine rings is 1. The Balaban J connectivity index is 1.59. The van der Waals surface area contributed by atoms with Gasteiger partial charge in [-0.15, -0.1) is 0 Å². The predicted molar refractivity (Wildman–Crippen MR) is 112 cm³/mol. The molecule has 160 valence electrons. The molecule has 0 bridgehead atoms. The Labute approximate surface area is 176 Å². The molecule has 10 nitrogen and oxygen atoms in total. The van der Waals surface area contributed by atoms with Crippen molar-refractivity contribution in [2.45, 2.75) is 0 Å². The SMILES string of the molecule is CN1CCN(c2cc(NC(=O)c3c[nH]c(=O)n(-c4ccc(F)cc4)c3=O)ncn2)CC1. The third-order valence-electron chi connectivity index (χ3n) is 5.03. The number of likely N-dealkylation sites (N-methyl/N-ethyl adjacent to an activating group) is 1. The van der Waals surface area contributed by atoms with Gasteiger partial charge in [-0.2, -0.15) is 0 Å². The Morgan fingerprint density at radius 1 is 1.10 bits per heavy atom. The summed E-state index contributed by atoms with van der Waals surface area (Å²) in [5.41, 5.74) is -1.72. The number of carbonyl (C=O) groups excluding carboxylic acids is 1. The molecular formula is C20H20FN7O3. The second kappa shape index (κ2) is 8.48. The maximum atomic E-state index is 13.2. The minimum atomic E-state index is -0.832. The second-order valence-electron chi connectivity index (χ2n) is 7.13. The lowest BCUT2D eigenvalue weighted by Gasteiger charge is -2.33. The average Bonchev–Trinajstić information content (AvgIpc) is 2.76. The Hall–Kier alpha value is -3.86. The van der Waals surface area contributed by atoms with E-state index >= 15 is 0 Å². The first-order chi connectivity index (χ1) is 14.9. The highest BCUT2D eigenvalue weighted by molar-refractivity contribution is 6.03. The number of aromatic nitrogens is 4. The first kappa shape index (κ1) is 20.4. The molecule has 1 aromatic carbocycles. The fourth-order valence-corrected chi connectivity index (χ4v) is 3.27. The van der Waals surface area contributed by atoms with Gasteiger partial charge in [0, 0.05) is 38.4 Å². The molecule has 1 fully saturated rings. The number of amides is 1. The van der Waals surface area contributed by atoms with Crippen molar-refractivity contribution in [1.29, 1.82) is 0 Å². The molecule has 31 heavy (non-hydrogen) atoms. The first-order valence-corrected chi connectivity index (χ1v) is 9.60. The molecule has 0 saturated carbocycles. The van der Waals surface area contributed by atoms with Gasteiger partial charge < -0.3 is 20.1 Å². The molecular weight excluding hydrogens is 405 g/mol. The first-order valence-electron chi connectivity index (χ1n) is 9.60. The van der Waals surface area contributed by atoms with E-state index in [1.807, 2.05) is 7.05 Å². The van der Waals surface area contributed by atoms with Crippen LogP contribution in [0.2, 0.25) is 0 Å². The average molecular weight is 425 g/mol. The van der Waals surface area contributed by atoms with Gasteiger partial charge in [0.2, 0.25) is 0 Å². The number of hydrogen-bond donors (Lipinski definition) is 2. The monoisotopic (exact) mass is 425 g/mol. The highest BCUT2D eigenvalue weighted by Gasteiger charge is 2.19. The summed E-state index contributed by atoms with van der Waals surface area (Å²) >= 11 is 0. The maximum absolute atomic E-state index is 13.2. The van der Waals surface area contributed by atoms with Gasteiger partial charge in [-0.05, 0) is 31.3 Å². The number of benzene rings is 1. The van der Waals surface area contributed by atoms with Crippen LogP contribution in [0.1, 0.15) is 10.4 Å². The van der Waals surface area contributed by atoms with Gasteiger partial charge in [-0.25, -0.2) is 23.7 Å². The minimum Gasteiger partial charge on any atom is -0.354 e. The third-order valence-corrected chi connectivity index (χ3v) is 5.03. The van der Waals surface area contributed by atoms with E-state index in [0.29, 0.717) is 5.82 Å². The van der Waals surface area contributed by atoms with Crippen molar-refractivity contribution in [3.63, 3.8) is 0 Å². The van der Waals surface area contributed by atoms with Crippen molar-refractivity contribution in [3.8, 4) is 5.69 Å². The fourth-order valence-electron chi connectivity index (χ4n) is 3.27. The number of rotatable bonds is 4. The van der Waals surface area contributed by atoms with Crippen LogP contribution in [0.15, 0.2) is 52.4 Å². The Bertz CT molecular complexity index is 1210. The van der Waals surface area contributed by atoms with Crippen molar-refractivity contribution in [3.05, 3.63) is 75.1 Å². The van der Waals surface area contributed by atoms with Crippen LogP contribution in [-0.4, -0.2) is 63.6 Å². The van der Waals surface area contributed by atoms with Crippen LogP contribution in [0.4, 0.5) is 16.0 Å². The molecule has 0 unspecified atom stereocenters. The van der Waals surface area contributed by atoms with Crippen molar-refractivity contribution < 1.29 is 9.18 Å². The zero-order chi connectivity index (χ0) is 22.0. The summed E-state index contributed by atoms with van der Waals surface area (Å²) in [5, 5.41) is 2.57. The van der Waals surface area contributed by atoms with Gasteiger partial charge in [0.1, 0.15) is 29.3 Å². The quantitative estimate of drug-likeness (QED) is 0.624. The van der Waals surface area contributed by atoms with Crippen LogP contribution >= 0.6 is 0 Å². The van der Waals surface area contributed by atoms with Gasteiger partial charge in [0.05, 0.1) is 5.69 Å². The molecule has 1 saturated heterocycles. The lowest BCUT2D eigenvalue weighted by Crippen LogP contribution is -2.44. The molecule has 4 rings (SSSR count). The van der Waals surface area contributed by atoms with Gasteiger partial charge in [-0.3, -0.25) is 9.59 Å². The molecule has 11 heteroatoms. The Morgan fingerprint density at radius 2 is 1.81 bits per heavy atom. The van der Waals surface area contributed by atoms with Crippen LogP contribution in [0.5, 0.6) is 0 Å². The summed E-state index contributed by atoms with van der Waals surface area (Å²) < 4.78 is 14.0. The molecule has 1 amide bonds. The molecule has 2 N–H and O–H groups in total. The summed E-state index contributed by atoms with van der Waals surface area (Å²) in [6.45, 7) is 3.38. The van der Waals surface area contributed by atoms with Crippen molar-refractivity contribution in [2.75, 3.05) is 43.4 Å². The minimum absolute atomic E-state index is 0.140. The van der Waals surface area contributed by atoms with Crippen LogP contribution in [-0.2, 0) is 0 Å². The summed E-state index contributed by atoms with van der Waals surface area (Å²) in [6, 6.07) is 6.43. The van der Waals surface area contributed by atoms with Crippen molar-refractivity contribution in [1.82, 2.24) is 24.4 Å². The van der Waals surface area contributed by atoms with Crippen LogP contribution in [0.3, 0.4) is 0 Å². The largest absolute Gasteiger partial charge is 0.354 e.